The Kier molecular flexibility index (Phi) is 6.76. The second kappa shape index (κ2) is 11.6. The molecule has 1 aliphatic rings. The highest BCUT2D eigenvalue weighted by atomic mass is 15.1. The Hall–Kier alpha value is -6.18. The fourth-order valence-electron chi connectivity index (χ4n) is 7.98. The molecule has 0 bridgehead atoms. The Morgan fingerprint density at radius 3 is 1.52 bits per heavy atom. The average Bonchev–Trinajstić information content (AvgIpc) is 3.48. The molecule has 1 aliphatic carbocycles. The Balaban J connectivity index is 1.44. The number of fused-ring (bicyclic) bond motifs is 5. The quantitative estimate of drug-likeness (QED) is 0.181. The minimum absolute atomic E-state index is 0.505. The van der Waals surface area contributed by atoms with Gasteiger partial charge in [0.1, 0.15) is 0 Å². The van der Waals surface area contributed by atoms with Gasteiger partial charge < -0.3 is 4.90 Å². The molecule has 9 rings (SSSR count). The first kappa shape index (κ1) is 28.1. The van der Waals surface area contributed by atoms with Gasteiger partial charge in [-0.25, -0.2) is 0 Å². The molecule has 0 heterocycles. The lowest BCUT2D eigenvalue weighted by molar-refractivity contribution is 0.769. The molecule has 0 N–H and O–H groups in total. The predicted octanol–water partition coefficient (Wildman–Crippen LogP) is 12.3. The topological polar surface area (TPSA) is 3.24 Å². The fourth-order valence-corrected chi connectivity index (χ4v) is 7.98. The van der Waals surface area contributed by atoms with Gasteiger partial charge in [0.2, 0.25) is 0 Å². The van der Waals surface area contributed by atoms with E-state index in [1.807, 2.05) is 0 Å². The maximum atomic E-state index is 2.49. The molecular formula is C47H33N. The van der Waals surface area contributed by atoms with Crippen LogP contribution in [0.4, 0.5) is 17.1 Å². The number of hydrogen-bond acceptors (Lipinski definition) is 1. The van der Waals surface area contributed by atoms with Crippen LogP contribution in [0, 0.1) is 0 Å². The Bertz CT molecular complexity index is 2340. The van der Waals surface area contributed by atoms with Crippen molar-refractivity contribution in [2.75, 3.05) is 4.90 Å². The third-order valence-electron chi connectivity index (χ3n) is 9.93. The van der Waals surface area contributed by atoms with E-state index in [2.05, 4.69) is 205 Å². The van der Waals surface area contributed by atoms with Crippen LogP contribution in [-0.4, -0.2) is 0 Å². The number of para-hydroxylation sites is 2. The summed E-state index contributed by atoms with van der Waals surface area (Å²) in [6.07, 6.45) is 0. The van der Waals surface area contributed by atoms with Gasteiger partial charge in [0.15, 0.2) is 0 Å². The van der Waals surface area contributed by atoms with Crippen molar-refractivity contribution in [3.8, 4) is 22.3 Å². The highest BCUT2D eigenvalue weighted by Crippen LogP contribution is 2.59. The molecule has 0 saturated heterocycles. The van der Waals surface area contributed by atoms with Gasteiger partial charge in [-0.2, -0.15) is 0 Å². The smallest absolute Gasteiger partial charge is 0.0714 e. The van der Waals surface area contributed by atoms with Crippen LogP contribution in [0.2, 0.25) is 0 Å². The summed E-state index contributed by atoms with van der Waals surface area (Å²) in [6, 6.07) is 73.0. The lowest BCUT2D eigenvalue weighted by Gasteiger charge is -2.35. The molecular weight excluding hydrogens is 579 g/mol. The summed E-state index contributed by atoms with van der Waals surface area (Å²) in [5, 5.41) is 2.47. The number of hydrogen-bond donors (Lipinski definition) is 0. The average molecular weight is 612 g/mol. The predicted molar refractivity (Wildman–Crippen MR) is 201 cm³/mol. The van der Waals surface area contributed by atoms with Crippen molar-refractivity contribution < 1.29 is 0 Å². The molecule has 1 nitrogen and oxygen atoms in total. The zero-order valence-corrected chi connectivity index (χ0v) is 26.5. The summed E-state index contributed by atoms with van der Waals surface area (Å²) in [5.74, 6) is 0. The lowest BCUT2D eigenvalue weighted by atomic mass is 9.67. The largest absolute Gasteiger partial charge is 0.309 e. The minimum Gasteiger partial charge on any atom is -0.309 e. The molecule has 0 aliphatic heterocycles. The van der Waals surface area contributed by atoms with Crippen molar-refractivity contribution >= 4 is 27.8 Å². The molecule has 0 spiro atoms. The third kappa shape index (κ3) is 4.25. The summed E-state index contributed by atoms with van der Waals surface area (Å²) in [5.41, 5.74) is 13.0. The summed E-state index contributed by atoms with van der Waals surface area (Å²) < 4.78 is 0. The standard InChI is InChI=1S/C47H33N/c1-5-19-34(20-6-1)38-27-16-18-32-44(38)48(37-25-11-4-12-26-37)45-33-43-46(40-29-14-13-28-39(40)45)41-30-15-17-31-42(41)47(43,35-21-7-2-8-22-35)36-23-9-3-10-24-36/h1-33H. The molecule has 0 atom stereocenters. The molecule has 0 fully saturated rings. The Morgan fingerprint density at radius 2 is 0.854 bits per heavy atom. The molecule has 8 aromatic rings. The summed E-state index contributed by atoms with van der Waals surface area (Å²) in [4.78, 5) is 2.47. The molecule has 0 amide bonds. The summed E-state index contributed by atoms with van der Waals surface area (Å²) in [6.45, 7) is 0. The van der Waals surface area contributed by atoms with Gasteiger partial charge in [-0.15, -0.1) is 0 Å². The zero-order chi connectivity index (χ0) is 31.9. The van der Waals surface area contributed by atoms with Gasteiger partial charge in [-0.3, -0.25) is 0 Å². The SMILES string of the molecule is c1ccc(-c2ccccc2N(c2ccccc2)c2cc3c(c4ccccc24)-c2ccccc2C3(c2ccccc2)c2ccccc2)cc1. The summed E-state index contributed by atoms with van der Waals surface area (Å²) in [7, 11) is 0. The maximum absolute atomic E-state index is 2.49. The summed E-state index contributed by atoms with van der Waals surface area (Å²) >= 11 is 0. The molecule has 8 aromatic carbocycles. The lowest BCUT2D eigenvalue weighted by Crippen LogP contribution is -2.28. The van der Waals surface area contributed by atoms with Crippen molar-refractivity contribution in [2.45, 2.75) is 5.41 Å². The number of nitrogens with zero attached hydrogens (tertiary/aromatic N) is 1. The van der Waals surface area contributed by atoms with Crippen LogP contribution in [0.1, 0.15) is 22.3 Å². The van der Waals surface area contributed by atoms with Gasteiger partial charge in [-0.1, -0.05) is 176 Å². The monoisotopic (exact) mass is 611 g/mol. The molecule has 0 radical (unpaired) electrons. The maximum Gasteiger partial charge on any atom is 0.0714 e. The van der Waals surface area contributed by atoms with Crippen molar-refractivity contribution in [3.63, 3.8) is 0 Å². The molecule has 226 valence electrons. The van der Waals surface area contributed by atoms with Crippen LogP contribution in [0.5, 0.6) is 0 Å². The highest BCUT2D eigenvalue weighted by Gasteiger charge is 2.47. The van der Waals surface area contributed by atoms with Gasteiger partial charge in [0, 0.05) is 16.6 Å². The van der Waals surface area contributed by atoms with Crippen LogP contribution >= 0.6 is 0 Å². The first-order valence-electron chi connectivity index (χ1n) is 16.6. The van der Waals surface area contributed by atoms with Crippen LogP contribution in [0.15, 0.2) is 200 Å². The molecule has 0 saturated carbocycles. The minimum atomic E-state index is -0.505. The van der Waals surface area contributed by atoms with E-state index in [1.165, 1.54) is 55.3 Å². The number of rotatable bonds is 6. The Labute approximate surface area is 282 Å². The molecule has 1 heteroatoms. The third-order valence-corrected chi connectivity index (χ3v) is 9.93. The second-order valence-corrected chi connectivity index (χ2v) is 12.4. The van der Waals surface area contributed by atoms with E-state index in [4.69, 9.17) is 0 Å². The van der Waals surface area contributed by atoms with E-state index in [0.717, 1.165) is 17.1 Å². The molecule has 0 unspecified atom stereocenters. The van der Waals surface area contributed by atoms with Crippen LogP contribution in [0.3, 0.4) is 0 Å². The zero-order valence-electron chi connectivity index (χ0n) is 26.5. The molecule has 0 aromatic heterocycles. The molecule has 48 heavy (non-hydrogen) atoms. The van der Waals surface area contributed by atoms with E-state index in [9.17, 15) is 0 Å². The van der Waals surface area contributed by atoms with Crippen molar-refractivity contribution in [2.24, 2.45) is 0 Å². The first-order chi connectivity index (χ1) is 23.9. The highest BCUT2D eigenvalue weighted by molar-refractivity contribution is 6.11. The Morgan fingerprint density at radius 1 is 0.354 bits per heavy atom. The van der Waals surface area contributed by atoms with E-state index in [1.54, 1.807) is 0 Å². The van der Waals surface area contributed by atoms with E-state index < -0.39 is 5.41 Å². The van der Waals surface area contributed by atoms with Crippen molar-refractivity contribution in [3.05, 3.63) is 222 Å². The fraction of sp³-hybridized carbons (Fsp3) is 0.0213. The van der Waals surface area contributed by atoms with Crippen LogP contribution in [-0.2, 0) is 5.41 Å². The van der Waals surface area contributed by atoms with Gasteiger partial charge in [0.25, 0.3) is 0 Å². The van der Waals surface area contributed by atoms with Gasteiger partial charge in [0.05, 0.1) is 16.8 Å². The van der Waals surface area contributed by atoms with E-state index in [-0.39, 0.29) is 0 Å². The number of anilines is 3. The normalized spacial score (nSPS) is 12.8. The second-order valence-electron chi connectivity index (χ2n) is 12.4. The van der Waals surface area contributed by atoms with Crippen LogP contribution in [0.25, 0.3) is 33.0 Å². The van der Waals surface area contributed by atoms with Crippen molar-refractivity contribution in [1.29, 1.82) is 0 Å². The van der Waals surface area contributed by atoms with Crippen LogP contribution < -0.4 is 4.90 Å². The van der Waals surface area contributed by atoms with E-state index in [0.29, 0.717) is 0 Å². The van der Waals surface area contributed by atoms with Gasteiger partial charge >= 0.3 is 0 Å². The van der Waals surface area contributed by atoms with E-state index >= 15 is 0 Å². The van der Waals surface area contributed by atoms with Gasteiger partial charge in [-0.05, 0) is 68.6 Å². The number of benzene rings is 8. The van der Waals surface area contributed by atoms with Crippen molar-refractivity contribution in [1.82, 2.24) is 0 Å². The first-order valence-corrected chi connectivity index (χ1v) is 16.6.